The minimum atomic E-state index is -0.273. The first-order valence-corrected chi connectivity index (χ1v) is 11.8. The van der Waals surface area contributed by atoms with Gasteiger partial charge in [0.2, 0.25) is 5.91 Å². The van der Waals surface area contributed by atoms with Gasteiger partial charge in [-0.05, 0) is 54.8 Å². The van der Waals surface area contributed by atoms with Gasteiger partial charge in [0.05, 0.1) is 23.5 Å². The number of pyridine rings is 1. The molecule has 0 radical (unpaired) electrons. The summed E-state index contributed by atoms with van der Waals surface area (Å²) in [5.74, 6) is 0.135. The summed E-state index contributed by atoms with van der Waals surface area (Å²) in [4.78, 5) is 17.7. The molecule has 5 rings (SSSR count). The van der Waals surface area contributed by atoms with E-state index in [2.05, 4.69) is 15.5 Å². The van der Waals surface area contributed by atoms with E-state index in [1.807, 2.05) is 60.0 Å². The lowest BCUT2D eigenvalue weighted by atomic mass is 10.1. The van der Waals surface area contributed by atoms with Crippen LogP contribution in [0.3, 0.4) is 0 Å². The molecule has 1 N–H and O–H groups in total. The van der Waals surface area contributed by atoms with Crippen LogP contribution in [0.5, 0.6) is 0 Å². The van der Waals surface area contributed by atoms with Crippen molar-refractivity contribution in [2.24, 2.45) is 10.2 Å². The highest BCUT2D eigenvalue weighted by Crippen LogP contribution is 2.27. The first-order valence-electron chi connectivity index (χ1n) is 10.8. The molecule has 0 saturated carbocycles. The number of hydrogen-bond donors (Lipinski definition) is 1. The van der Waals surface area contributed by atoms with Gasteiger partial charge in [-0.3, -0.25) is 4.79 Å². The third kappa shape index (κ3) is 4.49. The maximum atomic E-state index is 13.9. The lowest BCUT2D eigenvalue weighted by Gasteiger charge is -2.13. The Bertz CT molecular complexity index is 1460. The number of aryl methyl sites for hydroxylation is 2. The Morgan fingerprint density at radius 3 is 2.62 bits per heavy atom. The van der Waals surface area contributed by atoms with Crippen LogP contribution in [0.2, 0.25) is 0 Å². The predicted molar refractivity (Wildman–Crippen MR) is 135 cm³/mol. The summed E-state index contributed by atoms with van der Waals surface area (Å²) >= 11 is 1.44. The van der Waals surface area contributed by atoms with Crippen molar-refractivity contribution in [2.75, 3.05) is 5.75 Å². The van der Waals surface area contributed by atoms with Gasteiger partial charge in [-0.25, -0.2) is 9.37 Å². The number of benzene rings is 2. The molecule has 3 heterocycles. The summed E-state index contributed by atoms with van der Waals surface area (Å²) in [6.45, 7) is 3.70. The van der Waals surface area contributed by atoms with Crippen LogP contribution in [0.25, 0.3) is 16.9 Å². The van der Waals surface area contributed by atoms with E-state index in [1.54, 1.807) is 19.1 Å². The number of imidazole rings is 1. The number of nitrogens with one attached hydrogen (secondary N) is 1. The molecule has 1 aliphatic rings. The fraction of sp³-hybridized carbons (Fsp3) is 0.154. The zero-order valence-electron chi connectivity index (χ0n) is 18.7. The molecule has 8 heteroatoms. The van der Waals surface area contributed by atoms with E-state index in [-0.39, 0.29) is 18.1 Å². The number of thioether (sulfide) groups is 1. The van der Waals surface area contributed by atoms with Gasteiger partial charge in [-0.15, -0.1) is 5.10 Å². The normalized spacial score (nSPS) is 13.5. The van der Waals surface area contributed by atoms with Crippen molar-refractivity contribution in [3.05, 3.63) is 95.1 Å². The van der Waals surface area contributed by atoms with Crippen molar-refractivity contribution in [1.82, 2.24) is 14.7 Å². The second-order valence-corrected chi connectivity index (χ2v) is 9.10. The van der Waals surface area contributed by atoms with Crippen LogP contribution >= 0.6 is 11.8 Å². The van der Waals surface area contributed by atoms with Gasteiger partial charge in [-0.1, -0.05) is 48.2 Å². The maximum Gasteiger partial charge on any atom is 0.232 e. The quantitative estimate of drug-likeness (QED) is 0.459. The van der Waals surface area contributed by atoms with Gasteiger partial charge < -0.3 is 9.72 Å². The predicted octanol–water partition coefficient (Wildman–Crippen LogP) is 4.92. The van der Waals surface area contributed by atoms with Crippen LogP contribution in [-0.2, 0) is 11.2 Å². The number of halogens is 1. The highest BCUT2D eigenvalue weighted by atomic mass is 32.2. The molecule has 0 spiro atoms. The Hall–Kier alpha value is -3.78. The van der Waals surface area contributed by atoms with Gasteiger partial charge >= 0.3 is 0 Å². The van der Waals surface area contributed by atoms with Crippen LogP contribution in [-0.4, -0.2) is 31.9 Å². The molecule has 0 fully saturated rings. The third-order valence-corrected chi connectivity index (χ3v) is 6.46. The first-order chi connectivity index (χ1) is 16.5. The van der Waals surface area contributed by atoms with E-state index in [4.69, 9.17) is 4.98 Å². The van der Waals surface area contributed by atoms with E-state index in [0.717, 1.165) is 33.7 Å². The van der Waals surface area contributed by atoms with Gasteiger partial charge in [-0.2, -0.15) is 5.10 Å². The van der Waals surface area contributed by atoms with Gasteiger partial charge in [0.25, 0.3) is 0 Å². The fourth-order valence-corrected chi connectivity index (χ4v) is 4.62. The Balaban J connectivity index is 1.42. The third-order valence-electron chi connectivity index (χ3n) is 5.59. The Labute approximate surface area is 200 Å². The second kappa shape index (κ2) is 9.23. The summed E-state index contributed by atoms with van der Waals surface area (Å²) in [6, 6.07) is 18.6. The molecule has 34 heavy (non-hydrogen) atoms. The molecule has 1 aliphatic heterocycles. The molecular weight excluding hydrogens is 449 g/mol. The van der Waals surface area contributed by atoms with Crippen molar-refractivity contribution < 1.29 is 9.18 Å². The molecule has 0 atom stereocenters. The fourth-order valence-electron chi connectivity index (χ4n) is 3.84. The molecule has 4 aromatic rings. The smallest absolute Gasteiger partial charge is 0.232 e. The van der Waals surface area contributed by atoms with E-state index in [9.17, 15) is 9.18 Å². The summed E-state index contributed by atoms with van der Waals surface area (Å²) in [7, 11) is 0. The molecular formula is C26H22FN5OS. The van der Waals surface area contributed by atoms with Crippen LogP contribution in [0.1, 0.15) is 22.4 Å². The largest absolute Gasteiger partial charge is 0.303 e. The molecule has 6 nitrogen and oxygen atoms in total. The number of amidine groups is 1. The van der Waals surface area contributed by atoms with Crippen molar-refractivity contribution in [3.63, 3.8) is 0 Å². The zero-order chi connectivity index (χ0) is 23.7. The molecule has 0 saturated heterocycles. The SMILES string of the molecule is Cc1ccc2nc(-c3ccc(F)c(C)c3)c(CC(=O)NC3=NN=C(c4ccccc4)CS3)n2c1. The maximum absolute atomic E-state index is 13.9. The average molecular weight is 472 g/mol. The van der Waals surface area contributed by atoms with E-state index in [0.29, 0.717) is 22.2 Å². The van der Waals surface area contributed by atoms with E-state index >= 15 is 0 Å². The van der Waals surface area contributed by atoms with Gasteiger partial charge in [0.1, 0.15) is 11.5 Å². The van der Waals surface area contributed by atoms with Crippen LogP contribution in [0.4, 0.5) is 4.39 Å². The van der Waals surface area contributed by atoms with E-state index in [1.165, 1.54) is 17.8 Å². The summed E-state index contributed by atoms with van der Waals surface area (Å²) in [5.41, 5.74) is 6.35. The lowest BCUT2D eigenvalue weighted by Crippen LogP contribution is -2.32. The van der Waals surface area contributed by atoms with Crippen molar-refractivity contribution in [1.29, 1.82) is 0 Å². The standard InChI is InChI=1S/C26H22FN5OS/c1-16-8-11-23-28-25(19-9-10-20(27)17(2)12-19)22(32(23)14-16)13-24(33)29-26-31-30-21(15-34-26)18-6-4-3-5-7-18/h3-12,14H,13,15H2,1-2H3,(H,29,31,33). The van der Waals surface area contributed by atoms with E-state index < -0.39 is 0 Å². The van der Waals surface area contributed by atoms with Crippen LogP contribution in [0, 0.1) is 19.7 Å². The Morgan fingerprint density at radius 1 is 1.06 bits per heavy atom. The molecule has 2 aromatic carbocycles. The zero-order valence-corrected chi connectivity index (χ0v) is 19.6. The summed E-state index contributed by atoms with van der Waals surface area (Å²) in [5, 5.41) is 11.8. The highest BCUT2D eigenvalue weighted by Gasteiger charge is 2.20. The van der Waals surface area contributed by atoms with Crippen molar-refractivity contribution >= 4 is 34.2 Å². The van der Waals surface area contributed by atoms with Gasteiger partial charge in [0.15, 0.2) is 5.17 Å². The number of carbonyl (C=O) groups excluding carboxylic acids is 1. The molecule has 0 aliphatic carbocycles. The summed E-state index contributed by atoms with van der Waals surface area (Å²) in [6.07, 6.45) is 2.04. The molecule has 1 amide bonds. The minimum absolute atomic E-state index is 0.0885. The first kappa shape index (κ1) is 22.0. The number of aromatic nitrogens is 2. The van der Waals surface area contributed by atoms with Crippen LogP contribution < -0.4 is 5.32 Å². The monoisotopic (exact) mass is 471 g/mol. The molecule has 0 unspecified atom stereocenters. The Kier molecular flexibility index (Phi) is 5.98. The van der Waals surface area contributed by atoms with Crippen molar-refractivity contribution in [3.8, 4) is 11.3 Å². The number of amides is 1. The van der Waals surface area contributed by atoms with Gasteiger partial charge in [0, 0.05) is 17.5 Å². The highest BCUT2D eigenvalue weighted by molar-refractivity contribution is 8.14. The second-order valence-electron chi connectivity index (χ2n) is 8.14. The van der Waals surface area contributed by atoms with Crippen LogP contribution in [0.15, 0.2) is 77.1 Å². The number of rotatable bonds is 4. The molecule has 170 valence electrons. The average Bonchev–Trinajstić information content (AvgIpc) is 3.19. The molecule has 0 bridgehead atoms. The topological polar surface area (TPSA) is 71.1 Å². The number of nitrogens with zero attached hydrogens (tertiary/aromatic N) is 4. The minimum Gasteiger partial charge on any atom is -0.303 e. The lowest BCUT2D eigenvalue weighted by molar-refractivity contribution is -0.119. The number of hydrogen-bond acceptors (Lipinski definition) is 5. The summed E-state index contributed by atoms with van der Waals surface area (Å²) < 4.78 is 15.8. The Morgan fingerprint density at radius 2 is 1.88 bits per heavy atom. The molecule has 2 aromatic heterocycles. The number of carbonyl (C=O) groups is 1. The number of fused-ring (bicyclic) bond motifs is 1. The van der Waals surface area contributed by atoms with Crippen molar-refractivity contribution in [2.45, 2.75) is 20.3 Å².